The average Bonchev–Trinajstić information content (AvgIpc) is 3.33. The Morgan fingerprint density at radius 1 is 1.18 bits per heavy atom. The number of anilines is 1. The standard InChI is InChI=1S/C28H34N4OS/c1-5-28(2,3)12-9-20-7-6-8-21(15-20)19-33-24-16-23(17-30-26(24)29)25-18-31-27(34-25)22-10-13-32(4)14-11-22/h6-8,15-18,22H,5,10-11,13-14,19H2,1-4H3,(H2,29,30). The minimum Gasteiger partial charge on any atom is -0.485 e. The third kappa shape index (κ3) is 6.16. The van der Waals surface area contributed by atoms with Gasteiger partial charge in [-0.1, -0.05) is 30.9 Å². The average molecular weight is 475 g/mol. The maximum Gasteiger partial charge on any atom is 0.166 e. The highest BCUT2D eigenvalue weighted by atomic mass is 32.1. The molecule has 2 N–H and O–H groups in total. The molecule has 0 unspecified atom stereocenters. The molecule has 1 aliphatic rings. The van der Waals surface area contributed by atoms with Gasteiger partial charge in [0.1, 0.15) is 6.61 Å². The van der Waals surface area contributed by atoms with Gasteiger partial charge in [0.2, 0.25) is 0 Å². The van der Waals surface area contributed by atoms with Gasteiger partial charge in [-0.05, 0) is 77.0 Å². The highest BCUT2D eigenvalue weighted by Crippen LogP contribution is 2.36. The topological polar surface area (TPSA) is 64.3 Å². The molecule has 5 nitrogen and oxygen atoms in total. The van der Waals surface area contributed by atoms with Crippen LogP contribution in [0.2, 0.25) is 0 Å². The van der Waals surface area contributed by atoms with Crippen molar-refractivity contribution < 1.29 is 4.74 Å². The number of nitrogen functional groups attached to an aromatic ring is 1. The van der Waals surface area contributed by atoms with E-state index < -0.39 is 0 Å². The molecule has 4 rings (SSSR count). The summed E-state index contributed by atoms with van der Waals surface area (Å²) in [5, 5.41) is 1.21. The minimum absolute atomic E-state index is 0.0108. The first-order valence-corrected chi connectivity index (χ1v) is 12.8. The Kier molecular flexibility index (Phi) is 7.55. The number of rotatable bonds is 6. The quantitative estimate of drug-likeness (QED) is 0.446. The summed E-state index contributed by atoms with van der Waals surface area (Å²) in [7, 11) is 2.18. The minimum atomic E-state index is 0.0108. The van der Waals surface area contributed by atoms with Crippen molar-refractivity contribution in [1.29, 1.82) is 0 Å². The number of thiazole rings is 1. The van der Waals surface area contributed by atoms with Gasteiger partial charge in [-0.25, -0.2) is 9.97 Å². The number of hydrogen-bond donors (Lipinski definition) is 1. The second-order valence-corrected chi connectivity index (χ2v) is 10.8. The van der Waals surface area contributed by atoms with E-state index in [1.807, 2.05) is 30.5 Å². The number of piperidine rings is 1. The van der Waals surface area contributed by atoms with Gasteiger partial charge in [0.15, 0.2) is 11.6 Å². The van der Waals surface area contributed by atoms with Gasteiger partial charge in [-0.15, -0.1) is 11.3 Å². The highest BCUT2D eigenvalue weighted by Gasteiger charge is 2.21. The smallest absolute Gasteiger partial charge is 0.166 e. The van der Waals surface area contributed by atoms with E-state index in [1.54, 1.807) is 17.5 Å². The van der Waals surface area contributed by atoms with Gasteiger partial charge >= 0.3 is 0 Å². The summed E-state index contributed by atoms with van der Waals surface area (Å²) >= 11 is 1.75. The van der Waals surface area contributed by atoms with E-state index in [0.717, 1.165) is 53.9 Å². The Hall–Kier alpha value is -2.88. The van der Waals surface area contributed by atoms with Crippen LogP contribution in [0.4, 0.5) is 5.82 Å². The summed E-state index contributed by atoms with van der Waals surface area (Å²) in [4.78, 5) is 12.6. The SMILES string of the molecule is CCC(C)(C)C#Cc1cccc(COc2cc(-c3cnc(C4CCN(C)CC4)s3)cnc2N)c1. The van der Waals surface area contributed by atoms with E-state index in [1.165, 1.54) is 5.01 Å². The number of pyridine rings is 1. The normalized spacial score (nSPS) is 15.1. The summed E-state index contributed by atoms with van der Waals surface area (Å²) in [6, 6.07) is 10.1. The van der Waals surface area contributed by atoms with Gasteiger partial charge < -0.3 is 15.4 Å². The third-order valence-electron chi connectivity index (χ3n) is 6.51. The molecule has 0 spiro atoms. The summed E-state index contributed by atoms with van der Waals surface area (Å²) in [5.41, 5.74) is 9.17. The Bertz CT molecular complexity index is 1180. The van der Waals surface area contributed by atoms with Crippen LogP contribution in [-0.2, 0) is 6.61 Å². The molecular formula is C28H34N4OS. The molecule has 34 heavy (non-hydrogen) atoms. The number of ether oxygens (including phenoxy) is 1. The van der Waals surface area contributed by atoms with Crippen molar-refractivity contribution in [2.24, 2.45) is 5.41 Å². The fourth-order valence-electron chi connectivity index (χ4n) is 3.80. The molecule has 0 atom stereocenters. The molecule has 3 aromatic rings. The van der Waals surface area contributed by atoms with Crippen LogP contribution in [0.1, 0.15) is 62.1 Å². The van der Waals surface area contributed by atoms with E-state index in [0.29, 0.717) is 24.1 Å². The second kappa shape index (κ2) is 10.6. The van der Waals surface area contributed by atoms with Crippen molar-refractivity contribution in [1.82, 2.24) is 14.9 Å². The first-order valence-electron chi connectivity index (χ1n) is 12.0. The zero-order valence-corrected chi connectivity index (χ0v) is 21.4. The first kappa shape index (κ1) is 24.3. The van der Waals surface area contributed by atoms with Crippen LogP contribution < -0.4 is 10.5 Å². The van der Waals surface area contributed by atoms with Crippen molar-refractivity contribution >= 4 is 17.2 Å². The van der Waals surface area contributed by atoms with Crippen LogP contribution in [0.5, 0.6) is 5.75 Å². The van der Waals surface area contributed by atoms with Crippen LogP contribution in [0.25, 0.3) is 10.4 Å². The molecule has 6 heteroatoms. The molecule has 0 radical (unpaired) electrons. The van der Waals surface area contributed by atoms with Crippen LogP contribution in [0, 0.1) is 17.3 Å². The van der Waals surface area contributed by atoms with Crippen LogP contribution in [-0.4, -0.2) is 35.0 Å². The lowest BCUT2D eigenvalue weighted by molar-refractivity contribution is 0.255. The largest absolute Gasteiger partial charge is 0.485 e. The predicted molar refractivity (Wildman–Crippen MR) is 141 cm³/mol. The number of aromatic nitrogens is 2. The number of benzene rings is 1. The summed E-state index contributed by atoms with van der Waals surface area (Å²) in [5.74, 6) is 8.19. The zero-order valence-electron chi connectivity index (χ0n) is 20.6. The Balaban J connectivity index is 1.45. The molecule has 0 amide bonds. The molecule has 1 aromatic carbocycles. The molecule has 1 saturated heterocycles. The molecule has 2 aromatic heterocycles. The lowest BCUT2D eigenvalue weighted by atomic mass is 9.91. The number of nitrogens with two attached hydrogens (primary N) is 1. The number of nitrogens with zero attached hydrogens (tertiary/aromatic N) is 3. The van der Waals surface area contributed by atoms with Gasteiger partial charge in [0, 0.05) is 34.9 Å². The van der Waals surface area contributed by atoms with Crippen LogP contribution in [0.15, 0.2) is 42.7 Å². The third-order valence-corrected chi connectivity index (χ3v) is 7.72. The van der Waals surface area contributed by atoms with Crippen LogP contribution >= 0.6 is 11.3 Å². The zero-order chi connectivity index (χ0) is 24.1. The highest BCUT2D eigenvalue weighted by molar-refractivity contribution is 7.15. The maximum atomic E-state index is 6.13. The van der Waals surface area contributed by atoms with E-state index in [9.17, 15) is 0 Å². The Morgan fingerprint density at radius 2 is 1.97 bits per heavy atom. The first-order chi connectivity index (χ1) is 16.3. The lowest BCUT2D eigenvalue weighted by Crippen LogP contribution is -2.29. The van der Waals surface area contributed by atoms with Crippen molar-refractivity contribution in [2.45, 2.75) is 52.6 Å². The Morgan fingerprint density at radius 3 is 2.74 bits per heavy atom. The molecule has 0 saturated carbocycles. The van der Waals surface area contributed by atoms with Gasteiger partial charge in [-0.2, -0.15) is 0 Å². The fraction of sp³-hybridized carbons (Fsp3) is 0.429. The maximum absolute atomic E-state index is 6.13. The number of hydrogen-bond acceptors (Lipinski definition) is 6. The molecular weight excluding hydrogens is 440 g/mol. The lowest BCUT2D eigenvalue weighted by Gasteiger charge is -2.27. The van der Waals surface area contributed by atoms with Crippen LogP contribution in [0.3, 0.4) is 0 Å². The van der Waals surface area contributed by atoms with E-state index in [2.05, 4.69) is 55.6 Å². The molecule has 1 fully saturated rings. The van der Waals surface area contributed by atoms with Gasteiger partial charge in [-0.3, -0.25) is 0 Å². The van der Waals surface area contributed by atoms with E-state index in [4.69, 9.17) is 15.5 Å². The van der Waals surface area contributed by atoms with Gasteiger partial charge in [0.05, 0.1) is 9.88 Å². The predicted octanol–water partition coefficient (Wildman–Crippen LogP) is 5.96. The van der Waals surface area contributed by atoms with Crippen molar-refractivity contribution in [3.8, 4) is 28.0 Å². The molecule has 0 bridgehead atoms. The van der Waals surface area contributed by atoms with Gasteiger partial charge in [0.25, 0.3) is 0 Å². The van der Waals surface area contributed by atoms with Crippen molar-refractivity contribution in [2.75, 3.05) is 25.9 Å². The summed E-state index contributed by atoms with van der Waals surface area (Å²) in [6.45, 7) is 9.15. The summed E-state index contributed by atoms with van der Waals surface area (Å²) < 4.78 is 6.08. The molecule has 0 aliphatic carbocycles. The summed E-state index contributed by atoms with van der Waals surface area (Å²) in [6.07, 6.45) is 7.11. The monoisotopic (exact) mass is 474 g/mol. The molecule has 1 aliphatic heterocycles. The van der Waals surface area contributed by atoms with Crippen molar-refractivity contribution in [3.05, 3.63) is 58.9 Å². The van der Waals surface area contributed by atoms with E-state index >= 15 is 0 Å². The molecule has 178 valence electrons. The van der Waals surface area contributed by atoms with E-state index in [-0.39, 0.29) is 5.41 Å². The van der Waals surface area contributed by atoms with Crippen molar-refractivity contribution in [3.63, 3.8) is 0 Å². The second-order valence-electron chi connectivity index (χ2n) is 9.72. The fourth-order valence-corrected chi connectivity index (χ4v) is 4.87. The number of likely N-dealkylation sites (tertiary alicyclic amines) is 1. The molecule has 3 heterocycles. The Labute approximate surface area is 207 Å².